The van der Waals surface area contributed by atoms with E-state index in [0.29, 0.717) is 17.6 Å². The first kappa shape index (κ1) is 17.0. The lowest BCUT2D eigenvalue weighted by atomic mass is 10.0. The number of fused-ring (bicyclic) bond motifs is 1. The predicted molar refractivity (Wildman–Crippen MR) is 106 cm³/mol. The third kappa shape index (κ3) is 2.89. The van der Waals surface area contributed by atoms with Gasteiger partial charge in [0.25, 0.3) is 5.56 Å². The van der Waals surface area contributed by atoms with Crippen LogP contribution in [0.4, 0.5) is 0 Å². The Bertz CT molecular complexity index is 1260. The fraction of sp³-hybridized carbons (Fsp3) is 0.190. The minimum absolute atomic E-state index is 0.314. The Morgan fingerprint density at radius 3 is 2.48 bits per heavy atom. The molecule has 0 saturated carbocycles. The van der Waals surface area contributed by atoms with E-state index < -0.39 is 5.69 Å². The van der Waals surface area contributed by atoms with E-state index in [1.165, 1.54) is 7.05 Å². The van der Waals surface area contributed by atoms with Crippen molar-refractivity contribution in [2.75, 3.05) is 0 Å². The fourth-order valence-electron chi connectivity index (χ4n) is 3.42. The highest BCUT2D eigenvalue weighted by atomic mass is 16.2. The minimum Gasteiger partial charge on any atom is -0.290 e. The Morgan fingerprint density at radius 1 is 1.04 bits per heavy atom. The summed E-state index contributed by atoms with van der Waals surface area (Å²) < 4.78 is 2.89. The lowest BCUT2D eigenvalue weighted by Crippen LogP contribution is -2.32. The number of aromatic nitrogens is 4. The summed E-state index contributed by atoms with van der Waals surface area (Å²) in [6, 6.07) is 16.0. The molecule has 0 fully saturated rings. The number of aryl methyl sites for hydroxylation is 2. The SMILES string of the molecule is Cc1ccc(-c2c3c(=O)n(C)c(=O)[nH]c3nn2Cc2ccccc2)c(C)c1. The van der Waals surface area contributed by atoms with Crippen LogP contribution in [0.1, 0.15) is 16.7 Å². The molecule has 6 nitrogen and oxygen atoms in total. The number of hydrogen-bond donors (Lipinski definition) is 1. The molecule has 136 valence electrons. The van der Waals surface area contributed by atoms with Crippen molar-refractivity contribution in [3.8, 4) is 11.3 Å². The molecule has 4 aromatic rings. The van der Waals surface area contributed by atoms with E-state index in [4.69, 9.17) is 0 Å². The van der Waals surface area contributed by atoms with Crippen LogP contribution < -0.4 is 11.2 Å². The molecule has 0 aliphatic carbocycles. The lowest BCUT2D eigenvalue weighted by Gasteiger charge is -2.11. The van der Waals surface area contributed by atoms with Gasteiger partial charge in [-0.2, -0.15) is 5.10 Å². The van der Waals surface area contributed by atoms with Crippen molar-refractivity contribution in [2.24, 2.45) is 7.05 Å². The van der Waals surface area contributed by atoms with E-state index in [-0.39, 0.29) is 5.56 Å². The van der Waals surface area contributed by atoms with Gasteiger partial charge in [0.15, 0.2) is 5.65 Å². The Kier molecular flexibility index (Phi) is 4.03. The maximum absolute atomic E-state index is 12.9. The molecule has 27 heavy (non-hydrogen) atoms. The van der Waals surface area contributed by atoms with Crippen LogP contribution in [0.3, 0.4) is 0 Å². The molecule has 0 unspecified atom stereocenters. The number of rotatable bonds is 3. The number of hydrogen-bond acceptors (Lipinski definition) is 3. The van der Waals surface area contributed by atoms with Gasteiger partial charge in [0, 0.05) is 12.6 Å². The van der Waals surface area contributed by atoms with Crippen LogP contribution in [-0.4, -0.2) is 19.3 Å². The van der Waals surface area contributed by atoms with Crippen molar-refractivity contribution in [2.45, 2.75) is 20.4 Å². The number of aromatic amines is 1. The largest absolute Gasteiger partial charge is 0.329 e. The van der Waals surface area contributed by atoms with Gasteiger partial charge in [0.05, 0.1) is 12.2 Å². The van der Waals surface area contributed by atoms with Gasteiger partial charge in [-0.05, 0) is 25.0 Å². The molecule has 0 amide bonds. The summed E-state index contributed by atoms with van der Waals surface area (Å²) in [6.45, 7) is 4.56. The average Bonchev–Trinajstić information content (AvgIpc) is 2.98. The Morgan fingerprint density at radius 2 is 1.78 bits per heavy atom. The molecule has 6 heteroatoms. The molecule has 0 bridgehead atoms. The first-order valence-electron chi connectivity index (χ1n) is 8.77. The zero-order valence-corrected chi connectivity index (χ0v) is 15.5. The van der Waals surface area contributed by atoms with E-state index in [2.05, 4.69) is 16.1 Å². The van der Waals surface area contributed by atoms with Crippen LogP contribution in [0.25, 0.3) is 22.3 Å². The maximum atomic E-state index is 12.9. The van der Waals surface area contributed by atoms with Crippen molar-refractivity contribution in [3.63, 3.8) is 0 Å². The van der Waals surface area contributed by atoms with Crippen LogP contribution >= 0.6 is 0 Å². The van der Waals surface area contributed by atoms with Crippen LogP contribution in [0.2, 0.25) is 0 Å². The van der Waals surface area contributed by atoms with Crippen molar-refractivity contribution in [3.05, 3.63) is 86.1 Å². The third-order valence-corrected chi connectivity index (χ3v) is 4.81. The van der Waals surface area contributed by atoms with Crippen molar-refractivity contribution >= 4 is 11.0 Å². The van der Waals surface area contributed by atoms with Gasteiger partial charge in [-0.25, -0.2) is 4.79 Å². The predicted octanol–water partition coefficient (Wildman–Crippen LogP) is 2.76. The van der Waals surface area contributed by atoms with Gasteiger partial charge in [0.1, 0.15) is 5.39 Å². The highest BCUT2D eigenvalue weighted by Gasteiger charge is 2.20. The van der Waals surface area contributed by atoms with Gasteiger partial charge < -0.3 is 0 Å². The Labute approximate surface area is 155 Å². The van der Waals surface area contributed by atoms with Gasteiger partial charge in [-0.3, -0.25) is 19.0 Å². The van der Waals surface area contributed by atoms with Crippen LogP contribution in [0.15, 0.2) is 58.1 Å². The summed E-state index contributed by atoms with van der Waals surface area (Å²) in [5.41, 5.74) is 4.43. The summed E-state index contributed by atoms with van der Waals surface area (Å²) in [5, 5.41) is 4.99. The van der Waals surface area contributed by atoms with Gasteiger partial charge in [-0.1, -0.05) is 54.1 Å². The molecule has 2 aromatic carbocycles. The van der Waals surface area contributed by atoms with E-state index in [1.807, 2.05) is 56.3 Å². The summed E-state index contributed by atoms with van der Waals surface area (Å²) in [6.07, 6.45) is 0. The van der Waals surface area contributed by atoms with E-state index in [0.717, 1.165) is 32.5 Å². The highest BCUT2D eigenvalue weighted by molar-refractivity contribution is 5.91. The smallest absolute Gasteiger partial charge is 0.290 e. The average molecular weight is 360 g/mol. The molecule has 1 N–H and O–H groups in total. The Balaban J connectivity index is 2.06. The first-order valence-corrected chi connectivity index (χ1v) is 8.77. The highest BCUT2D eigenvalue weighted by Crippen LogP contribution is 2.29. The standard InChI is InChI=1S/C21H20N4O2/c1-13-9-10-16(14(2)11-13)18-17-19(22-21(27)24(3)20(17)26)23-25(18)12-15-7-5-4-6-8-15/h4-11H,12H2,1-3H3,(H,22,23,27). The molecule has 2 aromatic heterocycles. The number of nitrogens with zero attached hydrogens (tertiary/aromatic N) is 3. The van der Waals surface area contributed by atoms with Crippen molar-refractivity contribution < 1.29 is 0 Å². The summed E-state index contributed by atoms with van der Waals surface area (Å²) in [5.74, 6) is 0. The fourth-order valence-corrected chi connectivity index (χ4v) is 3.42. The number of benzene rings is 2. The summed E-state index contributed by atoms with van der Waals surface area (Å²) in [4.78, 5) is 27.6. The van der Waals surface area contributed by atoms with Crippen LogP contribution in [0, 0.1) is 13.8 Å². The molecule has 0 aliphatic rings. The molecule has 4 rings (SSSR count). The first-order chi connectivity index (χ1) is 13.0. The quantitative estimate of drug-likeness (QED) is 0.611. The van der Waals surface area contributed by atoms with Crippen LogP contribution in [-0.2, 0) is 13.6 Å². The van der Waals surface area contributed by atoms with Crippen molar-refractivity contribution in [1.29, 1.82) is 0 Å². The van der Waals surface area contributed by atoms with Crippen LogP contribution in [0.5, 0.6) is 0 Å². The second-order valence-electron chi connectivity index (χ2n) is 6.83. The van der Waals surface area contributed by atoms with E-state index >= 15 is 0 Å². The second kappa shape index (κ2) is 6.39. The Hall–Kier alpha value is -3.41. The minimum atomic E-state index is -0.468. The van der Waals surface area contributed by atoms with Crippen molar-refractivity contribution in [1.82, 2.24) is 19.3 Å². The monoisotopic (exact) mass is 360 g/mol. The van der Waals surface area contributed by atoms with Gasteiger partial charge in [0.2, 0.25) is 0 Å². The second-order valence-corrected chi connectivity index (χ2v) is 6.83. The summed E-state index contributed by atoms with van der Waals surface area (Å²) >= 11 is 0. The molecule has 0 saturated heterocycles. The van der Waals surface area contributed by atoms with E-state index in [9.17, 15) is 9.59 Å². The summed E-state index contributed by atoms with van der Waals surface area (Å²) in [7, 11) is 1.47. The normalized spacial score (nSPS) is 11.2. The van der Waals surface area contributed by atoms with Gasteiger partial charge >= 0.3 is 5.69 Å². The number of nitrogens with one attached hydrogen (secondary N) is 1. The topological polar surface area (TPSA) is 72.7 Å². The maximum Gasteiger partial charge on any atom is 0.329 e. The third-order valence-electron chi connectivity index (χ3n) is 4.81. The van der Waals surface area contributed by atoms with Gasteiger partial charge in [-0.15, -0.1) is 0 Å². The molecule has 0 atom stereocenters. The molecule has 0 radical (unpaired) electrons. The lowest BCUT2D eigenvalue weighted by molar-refractivity contribution is 0.699. The molecular weight excluding hydrogens is 340 g/mol. The number of H-pyrrole nitrogens is 1. The molecular formula is C21H20N4O2. The van der Waals surface area contributed by atoms with E-state index in [1.54, 1.807) is 4.68 Å². The molecule has 0 spiro atoms. The molecule has 0 aliphatic heterocycles. The zero-order chi connectivity index (χ0) is 19.1. The molecule has 2 heterocycles. The zero-order valence-electron chi connectivity index (χ0n) is 15.5.